The number of rotatable bonds is 5. The number of hydrogen-bond donors (Lipinski definition) is 0. The standard InChI is InChI=1S/C9H14ClNS/c1-11(5-2-4-10)7-9-3-6-12-8-9/h3,6,8H,2,4-5,7H2,1H3. The zero-order valence-corrected chi connectivity index (χ0v) is 8.87. The molecule has 0 aliphatic rings. The number of hydrogen-bond acceptors (Lipinski definition) is 2. The average Bonchev–Trinajstić information content (AvgIpc) is 2.53. The van der Waals surface area contributed by atoms with E-state index in [-0.39, 0.29) is 0 Å². The Morgan fingerprint density at radius 2 is 2.42 bits per heavy atom. The van der Waals surface area contributed by atoms with Crippen molar-refractivity contribution in [2.45, 2.75) is 13.0 Å². The molecule has 68 valence electrons. The third-order valence-corrected chi connectivity index (χ3v) is 2.71. The van der Waals surface area contributed by atoms with E-state index in [1.54, 1.807) is 11.3 Å². The Balaban J connectivity index is 2.22. The first-order valence-corrected chi connectivity index (χ1v) is 5.56. The summed E-state index contributed by atoms with van der Waals surface area (Å²) in [6, 6.07) is 2.17. The van der Waals surface area contributed by atoms with Crippen LogP contribution in [0.3, 0.4) is 0 Å². The van der Waals surface area contributed by atoms with Crippen molar-refractivity contribution in [3.05, 3.63) is 22.4 Å². The summed E-state index contributed by atoms with van der Waals surface area (Å²) in [5.74, 6) is 0.758. The first-order valence-electron chi connectivity index (χ1n) is 4.08. The van der Waals surface area contributed by atoms with Crippen molar-refractivity contribution >= 4 is 22.9 Å². The van der Waals surface area contributed by atoms with Crippen molar-refractivity contribution in [3.8, 4) is 0 Å². The molecule has 1 aromatic heterocycles. The van der Waals surface area contributed by atoms with E-state index >= 15 is 0 Å². The van der Waals surface area contributed by atoms with Gasteiger partial charge < -0.3 is 4.90 Å². The SMILES string of the molecule is CN(CCCCl)Cc1ccsc1. The molecule has 12 heavy (non-hydrogen) atoms. The van der Waals surface area contributed by atoms with E-state index < -0.39 is 0 Å². The fourth-order valence-corrected chi connectivity index (χ4v) is 1.88. The highest BCUT2D eigenvalue weighted by Gasteiger charge is 1.99. The molecule has 0 atom stereocenters. The molecule has 0 spiro atoms. The summed E-state index contributed by atoms with van der Waals surface area (Å²) < 4.78 is 0. The van der Waals surface area contributed by atoms with Gasteiger partial charge >= 0.3 is 0 Å². The molecule has 0 bridgehead atoms. The Hall–Kier alpha value is -0.0500. The van der Waals surface area contributed by atoms with Gasteiger partial charge in [0.05, 0.1) is 0 Å². The van der Waals surface area contributed by atoms with Gasteiger partial charge in [-0.2, -0.15) is 11.3 Å². The minimum absolute atomic E-state index is 0.758. The van der Waals surface area contributed by atoms with Crippen LogP contribution in [0.1, 0.15) is 12.0 Å². The number of halogens is 1. The average molecular weight is 204 g/mol. The minimum atomic E-state index is 0.758. The summed E-state index contributed by atoms with van der Waals surface area (Å²) in [6.07, 6.45) is 1.07. The van der Waals surface area contributed by atoms with Crippen molar-refractivity contribution in [1.29, 1.82) is 0 Å². The molecule has 1 rings (SSSR count). The molecule has 0 aliphatic carbocycles. The molecule has 0 saturated heterocycles. The van der Waals surface area contributed by atoms with Crippen molar-refractivity contribution in [2.24, 2.45) is 0 Å². The Kier molecular flexibility index (Phi) is 4.66. The van der Waals surface area contributed by atoms with Gasteiger partial charge in [-0.25, -0.2) is 0 Å². The summed E-state index contributed by atoms with van der Waals surface area (Å²) >= 11 is 7.36. The molecule has 0 aliphatic heterocycles. The Bertz CT molecular complexity index is 198. The molecule has 1 aromatic rings. The molecular formula is C9H14ClNS. The lowest BCUT2D eigenvalue weighted by atomic mass is 10.3. The summed E-state index contributed by atoms with van der Waals surface area (Å²) in [5.41, 5.74) is 1.40. The van der Waals surface area contributed by atoms with E-state index in [0.717, 1.165) is 25.4 Å². The Labute approximate surface area is 83.0 Å². The van der Waals surface area contributed by atoms with Gasteiger partial charge in [0.25, 0.3) is 0 Å². The van der Waals surface area contributed by atoms with Crippen LogP contribution in [-0.2, 0) is 6.54 Å². The summed E-state index contributed by atoms with van der Waals surface area (Å²) in [5, 5.41) is 4.31. The quantitative estimate of drug-likeness (QED) is 0.666. The normalized spacial score (nSPS) is 10.9. The zero-order chi connectivity index (χ0) is 8.81. The Morgan fingerprint density at radius 3 is 3.00 bits per heavy atom. The van der Waals surface area contributed by atoms with Crippen molar-refractivity contribution in [3.63, 3.8) is 0 Å². The summed E-state index contributed by atoms with van der Waals surface area (Å²) in [4.78, 5) is 2.30. The molecule has 0 unspecified atom stereocenters. The summed E-state index contributed by atoms with van der Waals surface area (Å²) in [7, 11) is 2.13. The molecule has 0 N–H and O–H groups in total. The number of alkyl halides is 1. The van der Waals surface area contributed by atoms with E-state index in [1.807, 2.05) is 0 Å². The number of nitrogens with zero attached hydrogens (tertiary/aromatic N) is 1. The fourth-order valence-electron chi connectivity index (χ4n) is 1.10. The van der Waals surface area contributed by atoms with E-state index in [0.29, 0.717) is 0 Å². The predicted octanol–water partition coefficient (Wildman–Crippen LogP) is 2.81. The third kappa shape index (κ3) is 3.57. The lowest BCUT2D eigenvalue weighted by molar-refractivity contribution is 0.329. The monoisotopic (exact) mass is 203 g/mol. The van der Waals surface area contributed by atoms with Crippen molar-refractivity contribution in [2.75, 3.05) is 19.5 Å². The van der Waals surface area contributed by atoms with E-state index in [1.165, 1.54) is 5.56 Å². The lowest BCUT2D eigenvalue weighted by Gasteiger charge is -2.14. The molecule has 1 heterocycles. The smallest absolute Gasteiger partial charge is 0.0238 e. The topological polar surface area (TPSA) is 3.24 Å². The fraction of sp³-hybridized carbons (Fsp3) is 0.556. The maximum atomic E-state index is 5.60. The minimum Gasteiger partial charge on any atom is -0.302 e. The second kappa shape index (κ2) is 5.57. The van der Waals surface area contributed by atoms with Gasteiger partial charge in [-0.1, -0.05) is 0 Å². The van der Waals surface area contributed by atoms with Crippen LogP contribution in [0.5, 0.6) is 0 Å². The van der Waals surface area contributed by atoms with Crippen LogP contribution in [0, 0.1) is 0 Å². The van der Waals surface area contributed by atoms with Crippen LogP contribution in [0.25, 0.3) is 0 Å². The Morgan fingerprint density at radius 1 is 1.58 bits per heavy atom. The largest absolute Gasteiger partial charge is 0.302 e. The van der Waals surface area contributed by atoms with E-state index in [9.17, 15) is 0 Å². The van der Waals surface area contributed by atoms with Gasteiger partial charge in [-0.05, 0) is 42.4 Å². The van der Waals surface area contributed by atoms with Crippen LogP contribution in [-0.4, -0.2) is 24.4 Å². The van der Waals surface area contributed by atoms with Gasteiger partial charge in [0.2, 0.25) is 0 Å². The first kappa shape index (κ1) is 10.0. The van der Waals surface area contributed by atoms with Gasteiger partial charge in [0.1, 0.15) is 0 Å². The highest BCUT2D eigenvalue weighted by Crippen LogP contribution is 2.08. The molecule has 3 heteroatoms. The third-order valence-electron chi connectivity index (χ3n) is 1.71. The van der Waals surface area contributed by atoms with E-state index in [4.69, 9.17) is 11.6 Å². The molecule has 1 nitrogen and oxygen atoms in total. The summed E-state index contributed by atoms with van der Waals surface area (Å²) in [6.45, 7) is 2.12. The predicted molar refractivity (Wildman–Crippen MR) is 56.0 cm³/mol. The maximum absolute atomic E-state index is 5.60. The van der Waals surface area contributed by atoms with Crippen LogP contribution in [0.2, 0.25) is 0 Å². The highest BCUT2D eigenvalue weighted by molar-refractivity contribution is 7.07. The zero-order valence-electron chi connectivity index (χ0n) is 7.29. The second-order valence-corrected chi connectivity index (χ2v) is 4.07. The molecule has 0 aromatic carbocycles. The molecular weight excluding hydrogens is 190 g/mol. The lowest BCUT2D eigenvalue weighted by Crippen LogP contribution is -2.18. The second-order valence-electron chi connectivity index (χ2n) is 2.91. The molecule has 0 amide bonds. The van der Waals surface area contributed by atoms with Crippen LogP contribution < -0.4 is 0 Å². The molecule has 0 fully saturated rings. The van der Waals surface area contributed by atoms with Crippen molar-refractivity contribution < 1.29 is 0 Å². The highest BCUT2D eigenvalue weighted by atomic mass is 35.5. The van der Waals surface area contributed by atoms with Gasteiger partial charge in [0, 0.05) is 12.4 Å². The molecule has 0 saturated carbocycles. The molecule has 0 radical (unpaired) electrons. The van der Waals surface area contributed by atoms with E-state index in [2.05, 4.69) is 28.8 Å². The first-order chi connectivity index (χ1) is 5.83. The van der Waals surface area contributed by atoms with Gasteiger partial charge in [-0.15, -0.1) is 11.6 Å². The van der Waals surface area contributed by atoms with Gasteiger partial charge in [0.15, 0.2) is 0 Å². The van der Waals surface area contributed by atoms with Crippen molar-refractivity contribution in [1.82, 2.24) is 4.90 Å². The van der Waals surface area contributed by atoms with Crippen LogP contribution in [0.15, 0.2) is 16.8 Å². The van der Waals surface area contributed by atoms with Gasteiger partial charge in [-0.3, -0.25) is 0 Å². The van der Waals surface area contributed by atoms with Crippen LogP contribution in [0.4, 0.5) is 0 Å². The number of thiophene rings is 1. The van der Waals surface area contributed by atoms with Crippen LogP contribution >= 0.6 is 22.9 Å². The maximum Gasteiger partial charge on any atom is 0.0238 e.